The van der Waals surface area contributed by atoms with Gasteiger partial charge in [0, 0.05) is 61.0 Å². The molecule has 0 saturated carbocycles. The summed E-state index contributed by atoms with van der Waals surface area (Å²) < 4.78 is 40.4. The van der Waals surface area contributed by atoms with Gasteiger partial charge in [0.05, 0.1) is 0 Å². The van der Waals surface area contributed by atoms with Gasteiger partial charge in [-0.05, 0) is 37.7 Å². The van der Waals surface area contributed by atoms with E-state index in [1.807, 2.05) is 0 Å². The van der Waals surface area contributed by atoms with Gasteiger partial charge in [-0.1, -0.05) is 18.2 Å². The van der Waals surface area contributed by atoms with Crippen molar-refractivity contribution in [1.29, 1.82) is 0 Å². The molecule has 0 unspecified atom stereocenters. The Kier molecular flexibility index (Phi) is 5.65. The van der Waals surface area contributed by atoms with Crippen molar-refractivity contribution in [3.63, 3.8) is 0 Å². The fourth-order valence-corrected chi connectivity index (χ4v) is 3.65. The van der Waals surface area contributed by atoms with Crippen molar-refractivity contribution in [1.82, 2.24) is 9.47 Å². The van der Waals surface area contributed by atoms with Gasteiger partial charge in [-0.25, -0.2) is 0 Å². The van der Waals surface area contributed by atoms with Gasteiger partial charge in [-0.15, -0.1) is 0 Å². The molecule has 3 rings (SSSR count). The number of aliphatic imine (C=N–C) groups is 1. The first-order chi connectivity index (χ1) is 13.2. The fraction of sp³-hybridized carbons (Fsp3) is 0.381. The molecular weight excluding hydrogens is 365 g/mol. The molecule has 2 heterocycles. The second-order valence-corrected chi connectivity index (χ2v) is 7.26. The highest BCUT2D eigenvalue weighted by atomic mass is 19.4. The number of allylic oxidation sites excluding steroid dienone is 2. The first-order valence-corrected chi connectivity index (χ1v) is 9.21. The minimum atomic E-state index is -4.53. The number of aromatic nitrogens is 1. The number of benzene rings is 1. The van der Waals surface area contributed by atoms with Crippen molar-refractivity contribution >= 4 is 16.6 Å². The Morgan fingerprint density at radius 1 is 1.36 bits per heavy atom. The van der Waals surface area contributed by atoms with Crippen LogP contribution in [0.5, 0.6) is 0 Å². The van der Waals surface area contributed by atoms with Crippen LogP contribution in [0.1, 0.15) is 23.2 Å². The molecule has 1 aliphatic heterocycles. The standard InChI is InChI=1S/C21H25F3N4/c1-4-20(21(22,23)24)26-12-15(25)7-10-28-18-6-5-14(2)11-16(18)17-13-27(3)9-8-19(17)28/h4-6,11-12H,1,7-10,13,25H2,2-3H3/b15-12-,26-20?. The van der Waals surface area contributed by atoms with E-state index in [4.69, 9.17) is 5.73 Å². The number of nitrogens with zero attached hydrogens (tertiary/aromatic N) is 3. The maximum absolute atomic E-state index is 12.7. The van der Waals surface area contributed by atoms with Gasteiger partial charge in [0.1, 0.15) is 5.71 Å². The highest BCUT2D eigenvalue weighted by Gasteiger charge is 2.33. The molecule has 7 heteroatoms. The third-order valence-corrected chi connectivity index (χ3v) is 5.08. The van der Waals surface area contributed by atoms with Crippen LogP contribution in [-0.2, 0) is 19.5 Å². The summed E-state index contributed by atoms with van der Waals surface area (Å²) in [7, 11) is 2.11. The van der Waals surface area contributed by atoms with Crippen molar-refractivity contribution in [3.05, 3.63) is 59.6 Å². The van der Waals surface area contributed by atoms with Crippen LogP contribution in [0, 0.1) is 6.92 Å². The molecule has 28 heavy (non-hydrogen) atoms. The molecule has 0 radical (unpaired) electrons. The molecule has 1 aliphatic rings. The predicted molar refractivity (Wildman–Crippen MR) is 107 cm³/mol. The summed E-state index contributed by atoms with van der Waals surface area (Å²) in [6.45, 7) is 7.71. The van der Waals surface area contributed by atoms with Crippen LogP contribution >= 0.6 is 0 Å². The van der Waals surface area contributed by atoms with E-state index < -0.39 is 11.9 Å². The smallest absolute Gasteiger partial charge is 0.401 e. The summed E-state index contributed by atoms with van der Waals surface area (Å²) in [6.07, 6.45) is -1.39. The average molecular weight is 390 g/mol. The molecule has 0 spiro atoms. The molecule has 0 amide bonds. The molecule has 2 N–H and O–H groups in total. The van der Waals surface area contributed by atoms with E-state index >= 15 is 0 Å². The number of halogens is 3. The normalized spacial score (nSPS) is 16.5. The van der Waals surface area contributed by atoms with Crippen LogP contribution in [0.4, 0.5) is 13.2 Å². The summed E-state index contributed by atoms with van der Waals surface area (Å²) in [5.41, 5.74) is 10.2. The monoisotopic (exact) mass is 390 g/mol. The third kappa shape index (κ3) is 4.14. The molecule has 150 valence electrons. The van der Waals surface area contributed by atoms with Crippen molar-refractivity contribution < 1.29 is 13.2 Å². The maximum atomic E-state index is 12.7. The lowest BCUT2D eigenvalue weighted by Gasteiger charge is -2.24. The van der Waals surface area contributed by atoms with Crippen molar-refractivity contribution in [2.24, 2.45) is 10.7 Å². The van der Waals surface area contributed by atoms with Crippen LogP contribution in [0.2, 0.25) is 0 Å². The van der Waals surface area contributed by atoms with Crippen LogP contribution in [0.15, 0.2) is 47.7 Å². The zero-order chi connectivity index (χ0) is 20.5. The number of nitrogens with two attached hydrogens (primary N) is 1. The summed E-state index contributed by atoms with van der Waals surface area (Å²) in [6, 6.07) is 6.39. The second-order valence-electron chi connectivity index (χ2n) is 7.26. The van der Waals surface area contributed by atoms with E-state index in [1.54, 1.807) is 0 Å². The summed E-state index contributed by atoms with van der Waals surface area (Å²) in [4.78, 5) is 5.75. The molecule has 1 aromatic heterocycles. The van der Waals surface area contributed by atoms with Crippen LogP contribution in [0.3, 0.4) is 0 Å². The summed E-state index contributed by atoms with van der Waals surface area (Å²) in [5.74, 6) is 0. The van der Waals surface area contributed by atoms with Crippen LogP contribution < -0.4 is 5.73 Å². The van der Waals surface area contributed by atoms with E-state index in [0.717, 1.165) is 31.2 Å². The number of alkyl halides is 3. The number of likely N-dealkylation sites (N-methyl/N-ethyl adjacent to an activating group) is 1. The van der Waals surface area contributed by atoms with Gasteiger partial charge in [0.15, 0.2) is 0 Å². The van der Waals surface area contributed by atoms with E-state index in [9.17, 15) is 13.2 Å². The lowest BCUT2D eigenvalue weighted by atomic mass is 10.0. The van der Waals surface area contributed by atoms with Crippen LogP contribution in [-0.4, -0.2) is 34.9 Å². The molecule has 0 saturated heterocycles. The Morgan fingerprint density at radius 2 is 2.11 bits per heavy atom. The second kappa shape index (κ2) is 7.83. The van der Waals surface area contributed by atoms with Gasteiger partial charge in [-0.3, -0.25) is 4.99 Å². The minimum Gasteiger partial charge on any atom is -0.401 e. The highest BCUT2D eigenvalue weighted by molar-refractivity contribution is 5.99. The van der Waals surface area contributed by atoms with Crippen molar-refractivity contribution in [3.8, 4) is 0 Å². The number of rotatable bonds is 5. The van der Waals surface area contributed by atoms with E-state index in [-0.39, 0.29) is 0 Å². The molecule has 0 fully saturated rings. The zero-order valence-electron chi connectivity index (χ0n) is 16.2. The molecule has 2 aromatic rings. The Hall–Kier alpha value is -2.54. The fourth-order valence-electron chi connectivity index (χ4n) is 3.65. The average Bonchev–Trinajstić information content (AvgIpc) is 2.91. The summed E-state index contributed by atoms with van der Waals surface area (Å²) >= 11 is 0. The predicted octanol–water partition coefficient (Wildman–Crippen LogP) is 4.32. The molecule has 0 aliphatic carbocycles. The SMILES string of the molecule is C=CC(=N/C=C(\N)CCn1c2c(c3cc(C)ccc31)CN(C)CC2)C(F)(F)F. The topological polar surface area (TPSA) is 46.5 Å². The first-order valence-electron chi connectivity index (χ1n) is 9.21. The van der Waals surface area contributed by atoms with Gasteiger partial charge < -0.3 is 15.2 Å². The Morgan fingerprint density at radius 3 is 2.79 bits per heavy atom. The van der Waals surface area contributed by atoms with Crippen molar-refractivity contribution in [2.45, 2.75) is 39.0 Å². The van der Waals surface area contributed by atoms with Gasteiger partial charge in [0.25, 0.3) is 0 Å². The lowest BCUT2D eigenvalue weighted by molar-refractivity contribution is -0.0576. The van der Waals surface area contributed by atoms with Gasteiger partial charge >= 0.3 is 6.18 Å². The van der Waals surface area contributed by atoms with Gasteiger partial charge in [-0.2, -0.15) is 13.2 Å². The lowest BCUT2D eigenvalue weighted by Crippen LogP contribution is -2.27. The Bertz CT molecular complexity index is 951. The van der Waals surface area contributed by atoms with E-state index in [0.29, 0.717) is 24.7 Å². The third-order valence-electron chi connectivity index (χ3n) is 5.08. The molecular formula is C21H25F3N4. The first kappa shape index (κ1) is 20.2. The number of aryl methyl sites for hydroxylation is 2. The largest absolute Gasteiger partial charge is 0.433 e. The van der Waals surface area contributed by atoms with Gasteiger partial charge in [0.2, 0.25) is 0 Å². The Labute approximate surface area is 162 Å². The molecule has 4 nitrogen and oxygen atoms in total. The number of hydrogen-bond acceptors (Lipinski definition) is 3. The van der Waals surface area contributed by atoms with Crippen LogP contribution in [0.25, 0.3) is 10.9 Å². The number of hydrogen-bond donors (Lipinski definition) is 1. The minimum absolute atomic E-state index is 0.305. The number of fused-ring (bicyclic) bond motifs is 3. The molecule has 0 bridgehead atoms. The van der Waals surface area contributed by atoms with Crippen molar-refractivity contribution in [2.75, 3.05) is 13.6 Å². The molecule has 1 aromatic carbocycles. The highest BCUT2D eigenvalue weighted by Crippen LogP contribution is 2.31. The maximum Gasteiger partial charge on any atom is 0.433 e. The molecule has 0 atom stereocenters. The van der Waals surface area contributed by atoms with E-state index in [1.165, 1.54) is 22.2 Å². The zero-order valence-corrected chi connectivity index (χ0v) is 16.2. The van der Waals surface area contributed by atoms with E-state index in [2.05, 4.69) is 53.2 Å². The quantitative estimate of drug-likeness (QED) is 0.773. The summed E-state index contributed by atoms with van der Waals surface area (Å²) in [5, 5.41) is 1.24. The Balaban J connectivity index is 1.88.